The molecule has 1 spiro atoms. The standard InChI is InChI=1S/C30H37NO5/c1-19-16-35-28(14-26(19)32)23-10-8-22(23)15-31-17-30(12-4-6-20-5-2-3-7-24(20)30)18-36-27-11-9-21(29(33)34)13-25(27)31/h2-3,5,7,9,11,13,19,22-23,26,28,32H,4,6,8,10,12,14-18H2,1H3,(H,33,34)/t19-,22+,23-,26-,28-,30?/m1/s1. The minimum Gasteiger partial charge on any atom is -0.490 e. The molecule has 1 unspecified atom stereocenters. The van der Waals surface area contributed by atoms with E-state index >= 15 is 0 Å². The van der Waals surface area contributed by atoms with Gasteiger partial charge >= 0.3 is 5.97 Å². The van der Waals surface area contributed by atoms with Gasteiger partial charge in [0.15, 0.2) is 0 Å². The number of aliphatic hydroxyl groups is 1. The van der Waals surface area contributed by atoms with Gasteiger partial charge in [-0.3, -0.25) is 0 Å². The third-order valence-corrected chi connectivity index (χ3v) is 9.35. The van der Waals surface area contributed by atoms with Gasteiger partial charge < -0.3 is 24.6 Å². The second kappa shape index (κ2) is 9.38. The number of carbonyl (C=O) groups is 1. The highest BCUT2D eigenvalue weighted by Gasteiger charge is 2.45. The molecule has 0 aromatic heterocycles. The normalized spacial score (nSPS) is 33.6. The van der Waals surface area contributed by atoms with Gasteiger partial charge in [0, 0.05) is 30.8 Å². The molecule has 1 saturated carbocycles. The van der Waals surface area contributed by atoms with E-state index in [0.717, 1.165) is 56.6 Å². The van der Waals surface area contributed by atoms with E-state index in [2.05, 4.69) is 36.1 Å². The van der Waals surface area contributed by atoms with Crippen LogP contribution < -0.4 is 9.64 Å². The van der Waals surface area contributed by atoms with Gasteiger partial charge in [-0.15, -0.1) is 0 Å². The zero-order chi connectivity index (χ0) is 24.9. The van der Waals surface area contributed by atoms with E-state index in [-0.39, 0.29) is 23.5 Å². The monoisotopic (exact) mass is 491 g/mol. The molecule has 2 fully saturated rings. The number of hydrogen-bond acceptors (Lipinski definition) is 5. The van der Waals surface area contributed by atoms with Crippen molar-refractivity contribution in [3.63, 3.8) is 0 Å². The van der Waals surface area contributed by atoms with Crippen LogP contribution in [0, 0.1) is 17.8 Å². The van der Waals surface area contributed by atoms with Crippen molar-refractivity contribution < 1.29 is 24.5 Å². The predicted molar refractivity (Wildman–Crippen MR) is 138 cm³/mol. The van der Waals surface area contributed by atoms with Crippen molar-refractivity contribution in [1.29, 1.82) is 0 Å². The van der Waals surface area contributed by atoms with Crippen LogP contribution in [0.3, 0.4) is 0 Å². The van der Waals surface area contributed by atoms with Crippen LogP contribution in [0.5, 0.6) is 5.75 Å². The van der Waals surface area contributed by atoms with E-state index in [4.69, 9.17) is 9.47 Å². The van der Waals surface area contributed by atoms with Crippen molar-refractivity contribution in [1.82, 2.24) is 0 Å². The second-order valence-electron chi connectivity index (χ2n) is 11.6. The van der Waals surface area contributed by atoms with Crippen LogP contribution in [-0.4, -0.2) is 54.7 Å². The third kappa shape index (κ3) is 4.18. The van der Waals surface area contributed by atoms with Crippen molar-refractivity contribution in [3.05, 3.63) is 59.2 Å². The summed E-state index contributed by atoms with van der Waals surface area (Å²) in [6, 6.07) is 14.0. The molecule has 2 aromatic rings. The quantitative estimate of drug-likeness (QED) is 0.647. The van der Waals surface area contributed by atoms with Gasteiger partial charge in [0.25, 0.3) is 0 Å². The first kappa shape index (κ1) is 23.8. The first-order valence-electron chi connectivity index (χ1n) is 13.6. The Morgan fingerprint density at radius 1 is 1.19 bits per heavy atom. The van der Waals surface area contributed by atoms with Crippen LogP contribution in [0.1, 0.15) is 60.5 Å². The Morgan fingerprint density at radius 3 is 2.83 bits per heavy atom. The molecule has 36 heavy (non-hydrogen) atoms. The van der Waals surface area contributed by atoms with Crippen molar-refractivity contribution in [2.75, 3.05) is 31.2 Å². The predicted octanol–water partition coefficient (Wildman–Crippen LogP) is 4.67. The maximum atomic E-state index is 11.8. The van der Waals surface area contributed by atoms with Crippen molar-refractivity contribution >= 4 is 11.7 Å². The highest BCUT2D eigenvalue weighted by molar-refractivity contribution is 5.89. The molecular formula is C30H37NO5. The lowest BCUT2D eigenvalue weighted by atomic mass is 9.67. The number of aromatic carboxylic acids is 1. The Bertz CT molecular complexity index is 1130. The molecule has 2 N–H and O–H groups in total. The van der Waals surface area contributed by atoms with Crippen LogP contribution in [0.15, 0.2) is 42.5 Å². The summed E-state index contributed by atoms with van der Waals surface area (Å²) in [7, 11) is 0. The van der Waals surface area contributed by atoms with Crippen LogP contribution in [0.25, 0.3) is 0 Å². The number of nitrogens with zero attached hydrogens (tertiary/aromatic N) is 1. The van der Waals surface area contributed by atoms with Gasteiger partial charge in [-0.05, 0) is 73.3 Å². The number of anilines is 1. The Kier molecular flexibility index (Phi) is 6.21. The number of benzene rings is 2. The van der Waals surface area contributed by atoms with Crippen molar-refractivity contribution in [3.8, 4) is 5.75 Å². The summed E-state index contributed by atoms with van der Waals surface area (Å²) in [5.74, 6) is 0.923. The minimum absolute atomic E-state index is 0.104. The van der Waals surface area contributed by atoms with Crippen LogP contribution in [0.4, 0.5) is 5.69 Å². The highest BCUT2D eigenvalue weighted by atomic mass is 16.5. The molecule has 192 valence electrons. The molecule has 6 atom stereocenters. The van der Waals surface area contributed by atoms with E-state index in [1.54, 1.807) is 12.1 Å². The van der Waals surface area contributed by atoms with E-state index in [0.29, 0.717) is 37.0 Å². The van der Waals surface area contributed by atoms with E-state index in [9.17, 15) is 15.0 Å². The zero-order valence-electron chi connectivity index (χ0n) is 21.1. The number of rotatable bonds is 4. The van der Waals surface area contributed by atoms with Gasteiger partial charge in [0.1, 0.15) is 5.75 Å². The van der Waals surface area contributed by atoms with E-state index in [1.807, 2.05) is 6.07 Å². The summed E-state index contributed by atoms with van der Waals surface area (Å²) in [4.78, 5) is 14.3. The summed E-state index contributed by atoms with van der Waals surface area (Å²) >= 11 is 0. The maximum Gasteiger partial charge on any atom is 0.335 e. The number of aliphatic hydroxyl groups excluding tert-OH is 1. The van der Waals surface area contributed by atoms with Gasteiger partial charge in [0.05, 0.1) is 36.7 Å². The number of fused-ring (bicyclic) bond motifs is 3. The van der Waals surface area contributed by atoms with Gasteiger partial charge in [-0.25, -0.2) is 4.79 Å². The summed E-state index contributed by atoms with van der Waals surface area (Å²) in [5, 5.41) is 20.2. The average Bonchev–Trinajstić information content (AvgIpc) is 3.01. The fourth-order valence-corrected chi connectivity index (χ4v) is 7.03. The average molecular weight is 492 g/mol. The summed E-state index contributed by atoms with van der Waals surface area (Å²) in [6.45, 7) is 4.93. The second-order valence-corrected chi connectivity index (χ2v) is 11.6. The fourth-order valence-electron chi connectivity index (χ4n) is 7.03. The molecule has 0 amide bonds. The van der Waals surface area contributed by atoms with E-state index < -0.39 is 5.97 Å². The van der Waals surface area contributed by atoms with Gasteiger partial charge in [-0.2, -0.15) is 0 Å². The largest absolute Gasteiger partial charge is 0.490 e. The lowest BCUT2D eigenvalue weighted by molar-refractivity contribution is -0.124. The molecule has 0 bridgehead atoms. The molecular weight excluding hydrogens is 454 g/mol. The Hall–Kier alpha value is -2.57. The van der Waals surface area contributed by atoms with Gasteiger partial charge in [0.2, 0.25) is 0 Å². The molecule has 6 rings (SSSR count). The van der Waals surface area contributed by atoms with Crippen LogP contribution in [-0.2, 0) is 16.6 Å². The maximum absolute atomic E-state index is 11.8. The minimum atomic E-state index is -0.917. The first-order chi connectivity index (χ1) is 17.4. The lowest BCUT2D eigenvalue weighted by Gasteiger charge is -2.48. The Labute approximate surface area is 213 Å². The fraction of sp³-hybridized carbons (Fsp3) is 0.567. The Morgan fingerprint density at radius 2 is 2.06 bits per heavy atom. The third-order valence-electron chi connectivity index (χ3n) is 9.35. The SMILES string of the molecule is C[C@@H]1CO[C@@H]([C@@H]2CC[C@H]2CN2CC3(CCCc4ccccc43)COc3ccc(C(=O)O)cc32)C[C@H]1O. The molecule has 4 aliphatic rings. The van der Waals surface area contributed by atoms with Crippen LogP contribution >= 0.6 is 0 Å². The van der Waals surface area contributed by atoms with Crippen LogP contribution in [0.2, 0.25) is 0 Å². The molecule has 2 heterocycles. The van der Waals surface area contributed by atoms with Crippen molar-refractivity contribution in [2.45, 2.75) is 63.1 Å². The lowest BCUT2D eigenvalue weighted by Crippen LogP contribution is -2.51. The number of carboxylic acids is 1. The number of ether oxygens (including phenoxy) is 2. The molecule has 1 saturated heterocycles. The number of carboxylic acid groups (broad SMARTS) is 1. The van der Waals surface area contributed by atoms with E-state index in [1.165, 1.54) is 11.1 Å². The summed E-state index contributed by atoms with van der Waals surface area (Å²) in [5.41, 5.74) is 3.85. The smallest absolute Gasteiger partial charge is 0.335 e. The molecule has 6 heteroatoms. The first-order valence-corrected chi connectivity index (χ1v) is 13.6. The highest BCUT2D eigenvalue weighted by Crippen LogP contribution is 2.47. The number of hydrogen-bond donors (Lipinski definition) is 2. The number of aryl methyl sites for hydroxylation is 1. The molecule has 0 radical (unpaired) electrons. The van der Waals surface area contributed by atoms with Crippen molar-refractivity contribution in [2.24, 2.45) is 17.8 Å². The summed E-state index contributed by atoms with van der Waals surface area (Å²) in [6.07, 6.45) is 6.06. The van der Waals surface area contributed by atoms with Gasteiger partial charge in [-0.1, -0.05) is 31.2 Å². The Balaban J connectivity index is 1.32. The zero-order valence-corrected chi connectivity index (χ0v) is 21.1. The molecule has 6 nitrogen and oxygen atoms in total. The molecule has 2 aromatic carbocycles. The topological polar surface area (TPSA) is 79.2 Å². The molecule has 2 aliphatic heterocycles. The molecule has 2 aliphatic carbocycles. The summed E-state index contributed by atoms with van der Waals surface area (Å²) < 4.78 is 12.7.